The molecule has 0 saturated carbocycles. The Kier molecular flexibility index (Phi) is 1.73. The average Bonchev–Trinajstić information content (AvgIpc) is 2.42. The third kappa shape index (κ3) is 1.17. The highest BCUT2D eigenvalue weighted by molar-refractivity contribution is 8.26. The highest BCUT2D eigenvalue weighted by atomic mass is 32.2. The van der Waals surface area contributed by atoms with Crippen LogP contribution in [0.2, 0.25) is 0 Å². The fraction of sp³-hybridized carbons (Fsp3) is 0.429. The molecule has 2 aliphatic rings. The molecule has 0 radical (unpaired) electrons. The predicted molar refractivity (Wildman–Crippen MR) is 51.9 cm³/mol. The van der Waals surface area contributed by atoms with E-state index in [9.17, 15) is 4.79 Å². The van der Waals surface area contributed by atoms with Gasteiger partial charge in [0.1, 0.15) is 5.84 Å². The SMILES string of the molecule is CC1=NN2C(=N)C(C)C(=O)N=C2S1. The minimum atomic E-state index is -0.473. The molecule has 6 heteroatoms. The first-order valence-electron chi connectivity index (χ1n) is 3.84. The number of amides is 1. The fourth-order valence-electron chi connectivity index (χ4n) is 1.10. The lowest BCUT2D eigenvalue weighted by Crippen LogP contribution is -2.39. The van der Waals surface area contributed by atoms with E-state index in [-0.39, 0.29) is 11.7 Å². The molecule has 0 aliphatic carbocycles. The number of carbonyl (C=O) groups excluding carboxylic acids is 1. The highest BCUT2D eigenvalue weighted by Crippen LogP contribution is 2.26. The Labute approximate surface area is 79.4 Å². The molecule has 1 atom stereocenters. The summed E-state index contributed by atoms with van der Waals surface area (Å²) in [4.78, 5) is 15.1. The van der Waals surface area contributed by atoms with Gasteiger partial charge in [-0.25, -0.2) is 0 Å². The number of hydrogen-bond acceptors (Lipinski definition) is 4. The van der Waals surface area contributed by atoms with E-state index in [2.05, 4.69) is 10.1 Å². The largest absolute Gasteiger partial charge is 0.286 e. The van der Waals surface area contributed by atoms with Gasteiger partial charge >= 0.3 is 0 Å². The van der Waals surface area contributed by atoms with Crippen molar-refractivity contribution < 1.29 is 4.79 Å². The molecule has 0 aromatic heterocycles. The minimum absolute atomic E-state index is 0.208. The van der Waals surface area contributed by atoms with Crippen molar-refractivity contribution in [3.8, 4) is 0 Å². The topological polar surface area (TPSA) is 68.9 Å². The summed E-state index contributed by atoms with van der Waals surface area (Å²) in [6, 6.07) is 0. The van der Waals surface area contributed by atoms with E-state index in [0.29, 0.717) is 5.17 Å². The molecule has 0 aromatic carbocycles. The molecular weight excluding hydrogens is 188 g/mol. The van der Waals surface area contributed by atoms with Gasteiger partial charge in [-0.15, -0.1) is 0 Å². The van der Waals surface area contributed by atoms with Crippen LogP contribution in [0.25, 0.3) is 0 Å². The third-order valence-corrected chi connectivity index (χ3v) is 2.70. The highest BCUT2D eigenvalue weighted by Gasteiger charge is 2.35. The number of fused-ring (bicyclic) bond motifs is 1. The van der Waals surface area contributed by atoms with E-state index < -0.39 is 5.92 Å². The molecule has 1 amide bonds. The first-order chi connectivity index (χ1) is 6.09. The maximum Gasteiger partial charge on any atom is 0.258 e. The minimum Gasteiger partial charge on any atom is -0.286 e. The third-order valence-electron chi connectivity index (χ3n) is 1.88. The number of amidine groups is 2. The van der Waals surface area contributed by atoms with Crippen LogP contribution in [-0.4, -0.2) is 27.0 Å². The van der Waals surface area contributed by atoms with Crippen molar-refractivity contribution in [1.82, 2.24) is 5.01 Å². The van der Waals surface area contributed by atoms with Crippen molar-refractivity contribution in [3.05, 3.63) is 0 Å². The Morgan fingerprint density at radius 1 is 1.62 bits per heavy atom. The maximum atomic E-state index is 11.2. The standard InChI is InChI=1S/C7H8N4OS/c1-3-5(8)11-7(9-6(3)12)13-4(2)10-11/h3,8H,1-2H3. The number of nitrogens with zero attached hydrogens (tertiary/aromatic N) is 3. The van der Waals surface area contributed by atoms with Gasteiger partial charge in [0.05, 0.1) is 11.0 Å². The van der Waals surface area contributed by atoms with Crippen LogP contribution in [0.4, 0.5) is 0 Å². The number of hydrazone groups is 1. The van der Waals surface area contributed by atoms with Crippen LogP contribution in [0.3, 0.4) is 0 Å². The Morgan fingerprint density at radius 3 is 3.00 bits per heavy atom. The number of nitrogens with one attached hydrogen (secondary N) is 1. The van der Waals surface area contributed by atoms with Gasteiger partial charge in [-0.2, -0.15) is 15.1 Å². The molecule has 0 bridgehead atoms. The molecule has 0 spiro atoms. The van der Waals surface area contributed by atoms with E-state index in [4.69, 9.17) is 5.41 Å². The van der Waals surface area contributed by atoms with Gasteiger partial charge in [-0.3, -0.25) is 10.2 Å². The summed E-state index contributed by atoms with van der Waals surface area (Å²) >= 11 is 1.32. The van der Waals surface area contributed by atoms with E-state index in [0.717, 1.165) is 5.04 Å². The Hall–Kier alpha value is -1.17. The second kappa shape index (κ2) is 2.66. The van der Waals surface area contributed by atoms with Crippen molar-refractivity contribution in [1.29, 1.82) is 5.41 Å². The second-order valence-corrected chi connectivity index (χ2v) is 4.03. The molecule has 0 fully saturated rings. The van der Waals surface area contributed by atoms with Crippen molar-refractivity contribution >= 4 is 33.7 Å². The zero-order valence-corrected chi connectivity index (χ0v) is 8.05. The summed E-state index contributed by atoms with van der Waals surface area (Å²) in [5.74, 6) is -0.521. The normalized spacial score (nSPS) is 27.2. The zero-order chi connectivity index (χ0) is 9.59. The van der Waals surface area contributed by atoms with Crippen molar-refractivity contribution in [2.75, 3.05) is 0 Å². The summed E-state index contributed by atoms with van der Waals surface area (Å²) in [6.07, 6.45) is 0. The molecule has 1 N–H and O–H groups in total. The maximum absolute atomic E-state index is 11.2. The van der Waals surface area contributed by atoms with Crippen molar-refractivity contribution in [2.24, 2.45) is 16.0 Å². The van der Waals surface area contributed by atoms with Gasteiger partial charge in [-0.05, 0) is 25.6 Å². The van der Waals surface area contributed by atoms with E-state index in [1.165, 1.54) is 16.8 Å². The summed E-state index contributed by atoms with van der Waals surface area (Å²) in [5, 5.41) is 14.5. The summed E-state index contributed by atoms with van der Waals surface area (Å²) in [5.41, 5.74) is 0. The van der Waals surface area contributed by atoms with Gasteiger partial charge in [0.2, 0.25) is 0 Å². The number of carbonyl (C=O) groups is 1. The molecule has 2 rings (SSSR count). The van der Waals surface area contributed by atoms with Crippen molar-refractivity contribution in [2.45, 2.75) is 13.8 Å². The smallest absolute Gasteiger partial charge is 0.258 e. The van der Waals surface area contributed by atoms with E-state index in [1.807, 2.05) is 6.92 Å². The fourth-order valence-corrected chi connectivity index (χ4v) is 1.85. The van der Waals surface area contributed by atoms with Gasteiger partial charge in [0, 0.05) is 0 Å². The molecule has 0 saturated heterocycles. The Bertz CT molecular complexity index is 360. The van der Waals surface area contributed by atoms with Crippen LogP contribution in [0, 0.1) is 11.3 Å². The van der Waals surface area contributed by atoms with Crippen LogP contribution < -0.4 is 0 Å². The number of aliphatic imine (C=N–C) groups is 1. The quantitative estimate of drug-likeness (QED) is 0.625. The lowest BCUT2D eigenvalue weighted by Gasteiger charge is -2.22. The van der Waals surface area contributed by atoms with Crippen LogP contribution in [-0.2, 0) is 4.79 Å². The number of rotatable bonds is 0. The zero-order valence-electron chi connectivity index (χ0n) is 7.24. The van der Waals surface area contributed by atoms with Gasteiger partial charge < -0.3 is 0 Å². The van der Waals surface area contributed by atoms with Crippen LogP contribution in [0.5, 0.6) is 0 Å². The summed E-state index contributed by atoms with van der Waals surface area (Å²) in [6.45, 7) is 3.49. The molecule has 68 valence electrons. The van der Waals surface area contributed by atoms with Crippen molar-refractivity contribution in [3.63, 3.8) is 0 Å². The predicted octanol–water partition coefficient (Wildman–Crippen LogP) is 0.878. The van der Waals surface area contributed by atoms with Gasteiger partial charge in [-0.1, -0.05) is 0 Å². The first-order valence-corrected chi connectivity index (χ1v) is 4.65. The average molecular weight is 196 g/mol. The Balaban J connectivity index is 2.43. The van der Waals surface area contributed by atoms with E-state index >= 15 is 0 Å². The summed E-state index contributed by atoms with van der Waals surface area (Å²) < 4.78 is 0. The molecule has 2 heterocycles. The molecule has 5 nitrogen and oxygen atoms in total. The van der Waals surface area contributed by atoms with Crippen LogP contribution in [0.15, 0.2) is 10.1 Å². The van der Waals surface area contributed by atoms with Crippen LogP contribution >= 0.6 is 11.8 Å². The number of hydrogen-bond donors (Lipinski definition) is 1. The molecule has 0 aromatic rings. The van der Waals surface area contributed by atoms with Crippen LogP contribution in [0.1, 0.15) is 13.8 Å². The number of thioether (sulfide) groups is 1. The molecule has 1 unspecified atom stereocenters. The molecule has 13 heavy (non-hydrogen) atoms. The Morgan fingerprint density at radius 2 is 2.31 bits per heavy atom. The lowest BCUT2D eigenvalue weighted by atomic mass is 10.1. The molecule has 2 aliphatic heterocycles. The van der Waals surface area contributed by atoms with Gasteiger partial charge in [0.15, 0.2) is 5.17 Å². The summed E-state index contributed by atoms with van der Waals surface area (Å²) in [7, 11) is 0. The molecular formula is C7H8N4OS. The first kappa shape index (κ1) is 8.43. The monoisotopic (exact) mass is 196 g/mol. The lowest BCUT2D eigenvalue weighted by molar-refractivity contribution is -0.119. The second-order valence-electron chi connectivity index (χ2n) is 2.87. The van der Waals surface area contributed by atoms with Gasteiger partial charge in [0.25, 0.3) is 5.91 Å². The van der Waals surface area contributed by atoms with E-state index in [1.54, 1.807) is 6.92 Å².